The molecule has 2 N–H and O–H groups in total. The Balaban J connectivity index is 2.19. The number of nitrogens with zero attached hydrogens (tertiary/aromatic N) is 1. The van der Waals surface area contributed by atoms with E-state index in [1.54, 1.807) is 12.1 Å². The van der Waals surface area contributed by atoms with Gasteiger partial charge in [-0.1, -0.05) is 0 Å². The van der Waals surface area contributed by atoms with Crippen molar-refractivity contribution < 1.29 is 8.60 Å². The summed E-state index contributed by atoms with van der Waals surface area (Å²) in [6.45, 7) is 1.29. The van der Waals surface area contributed by atoms with Crippen LogP contribution in [-0.4, -0.2) is 28.8 Å². The van der Waals surface area contributed by atoms with Crippen LogP contribution in [0.5, 0.6) is 0 Å². The van der Waals surface area contributed by atoms with Crippen molar-refractivity contribution in [1.29, 1.82) is 0 Å². The van der Waals surface area contributed by atoms with E-state index >= 15 is 0 Å². The van der Waals surface area contributed by atoms with E-state index in [2.05, 4.69) is 0 Å². The van der Waals surface area contributed by atoms with E-state index in [9.17, 15) is 8.60 Å². The number of benzene rings is 1. The first-order valence-electron chi connectivity index (χ1n) is 4.82. The normalized spacial score (nSPS) is 18.1. The van der Waals surface area contributed by atoms with Crippen molar-refractivity contribution in [2.75, 3.05) is 35.2 Å². The molecule has 0 spiro atoms. The van der Waals surface area contributed by atoms with E-state index in [0.29, 0.717) is 36.0 Å². The molecule has 2 rings (SSSR count). The fourth-order valence-corrected chi connectivity index (χ4v) is 2.71. The predicted octanol–water partition coefficient (Wildman–Crippen LogP) is 0.977. The molecule has 1 aromatic carbocycles. The third kappa shape index (κ3) is 2.28. The minimum atomic E-state index is -0.734. The summed E-state index contributed by atoms with van der Waals surface area (Å²) in [4.78, 5) is 1.91. The third-order valence-corrected chi connectivity index (χ3v) is 3.77. The second-order valence-electron chi connectivity index (χ2n) is 3.55. The van der Waals surface area contributed by atoms with Gasteiger partial charge in [0, 0.05) is 41.1 Å². The van der Waals surface area contributed by atoms with Crippen molar-refractivity contribution in [3.63, 3.8) is 0 Å². The highest BCUT2D eigenvalue weighted by atomic mass is 32.2. The topological polar surface area (TPSA) is 46.3 Å². The largest absolute Gasteiger partial charge is 0.399 e. The zero-order valence-corrected chi connectivity index (χ0v) is 9.10. The van der Waals surface area contributed by atoms with Gasteiger partial charge >= 0.3 is 0 Å². The molecule has 1 aliphatic heterocycles. The first kappa shape index (κ1) is 10.4. The molecular weight excluding hydrogens is 215 g/mol. The Labute approximate surface area is 90.5 Å². The fraction of sp³-hybridized carbons (Fsp3) is 0.400. The number of anilines is 2. The van der Waals surface area contributed by atoms with Crippen molar-refractivity contribution in [2.24, 2.45) is 0 Å². The molecule has 1 saturated heterocycles. The predicted molar refractivity (Wildman–Crippen MR) is 60.9 cm³/mol. The van der Waals surface area contributed by atoms with Gasteiger partial charge in [-0.05, 0) is 18.2 Å². The maximum atomic E-state index is 13.5. The van der Waals surface area contributed by atoms with Gasteiger partial charge in [-0.25, -0.2) is 4.39 Å². The molecule has 1 aromatic rings. The lowest BCUT2D eigenvalue weighted by Gasteiger charge is -2.28. The van der Waals surface area contributed by atoms with Gasteiger partial charge in [0.1, 0.15) is 5.82 Å². The minimum absolute atomic E-state index is 0.303. The molecule has 15 heavy (non-hydrogen) atoms. The molecule has 0 atom stereocenters. The van der Waals surface area contributed by atoms with Crippen LogP contribution in [0.2, 0.25) is 0 Å². The zero-order valence-electron chi connectivity index (χ0n) is 8.28. The van der Waals surface area contributed by atoms with E-state index < -0.39 is 10.8 Å². The first-order valence-corrected chi connectivity index (χ1v) is 6.30. The second kappa shape index (κ2) is 4.18. The number of nitrogens with two attached hydrogens (primary N) is 1. The maximum Gasteiger partial charge on any atom is 0.148 e. The van der Waals surface area contributed by atoms with Gasteiger partial charge in [0.15, 0.2) is 0 Å². The second-order valence-corrected chi connectivity index (χ2v) is 5.24. The number of rotatable bonds is 1. The molecule has 0 aliphatic carbocycles. The average Bonchev–Trinajstić information content (AvgIpc) is 2.20. The quantitative estimate of drug-likeness (QED) is 0.729. The van der Waals surface area contributed by atoms with E-state index in [4.69, 9.17) is 5.73 Å². The molecule has 3 nitrogen and oxygen atoms in total. The van der Waals surface area contributed by atoms with Crippen molar-refractivity contribution in [3.8, 4) is 0 Å². The maximum absolute atomic E-state index is 13.5. The Morgan fingerprint density at radius 2 is 2.00 bits per heavy atom. The summed E-state index contributed by atoms with van der Waals surface area (Å²) in [5.41, 5.74) is 6.46. The lowest BCUT2D eigenvalue weighted by molar-refractivity contribution is 0.618. The van der Waals surface area contributed by atoms with E-state index in [1.165, 1.54) is 6.07 Å². The smallest absolute Gasteiger partial charge is 0.148 e. The minimum Gasteiger partial charge on any atom is -0.399 e. The zero-order chi connectivity index (χ0) is 10.8. The van der Waals surface area contributed by atoms with Gasteiger partial charge < -0.3 is 10.6 Å². The van der Waals surface area contributed by atoms with Crippen molar-refractivity contribution in [1.82, 2.24) is 0 Å². The number of hydrogen-bond acceptors (Lipinski definition) is 3. The van der Waals surface area contributed by atoms with E-state index in [1.807, 2.05) is 4.90 Å². The summed E-state index contributed by atoms with van der Waals surface area (Å²) in [5.74, 6) is 0.927. The van der Waals surface area contributed by atoms with Gasteiger partial charge in [0.05, 0.1) is 5.69 Å². The lowest BCUT2D eigenvalue weighted by Crippen LogP contribution is -2.38. The van der Waals surface area contributed by atoms with Gasteiger partial charge in [-0.15, -0.1) is 0 Å². The Kier molecular flexibility index (Phi) is 2.90. The summed E-state index contributed by atoms with van der Waals surface area (Å²) < 4.78 is 24.7. The van der Waals surface area contributed by atoms with Crippen LogP contribution in [0.15, 0.2) is 18.2 Å². The van der Waals surface area contributed by atoms with E-state index in [0.717, 1.165) is 0 Å². The first-order chi connectivity index (χ1) is 7.16. The fourth-order valence-electron chi connectivity index (χ4n) is 1.66. The molecule has 0 radical (unpaired) electrons. The highest BCUT2D eigenvalue weighted by molar-refractivity contribution is 7.85. The molecule has 5 heteroatoms. The molecule has 82 valence electrons. The van der Waals surface area contributed by atoms with Crippen LogP contribution in [0.1, 0.15) is 0 Å². The Bertz CT molecular complexity index is 387. The number of nitrogen functional groups attached to an aromatic ring is 1. The molecule has 1 heterocycles. The molecule has 1 fully saturated rings. The summed E-state index contributed by atoms with van der Waals surface area (Å²) in [6.07, 6.45) is 0. The number of halogens is 1. The Morgan fingerprint density at radius 3 is 2.60 bits per heavy atom. The van der Waals surface area contributed by atoms with Gasteiger partial charge in [0.2, 0.25) is 0 Å². The van der Waals surface area contributed by atoms with Crippen molar-refractivity contribution in [3.05, 3.63) is 24.0 Å². The Morgan fingerprint density at radius 1 is 1.33 bits per heavy atom. The lowest BCUT2D eigenvalue weighted by atomic mass is 10.2. The monoisotopic (exact) mass is 228 g/mol. The van der Waals surface area contributed by atoms with Crippen molar-refractivity contribution in [2.45, 2.75) is 0 Å². The average molecular weight is 228 g/mol. The molecule has 0 bridgehead atoms. The van der Waals surface area contributed by atoms with Crippen molar-refractivity contribution >= 4 is 22.2 Å². The van der Waals surface area contributed by atoms with Gasteiger partial charge in [0.25, 0.3) is 0 Å². The summed E-state index contributed by atoms with van der Waals surface area (Å²) in [5, 5.41) is 0. The summed E-state index contributed by atoms with van der Waals surface area (Å²) in [6, 6.07) is 4.68. The SMILES string of the molecule is Nc1ccc(N2CCS(=O)CC2)c(F)c1. The van der Waals surface area contributed by atoms with Crippen LogP contribution >= 0.6 is 0 Å². The molecular formula is C10H13FN2OS. The van der Waals surface area contributed by atoms with Gasteiger partial charge in [-0.2, -0.15) is 0 Å². The molecule has 0 amide bonds. The molecule has 0 aromatic heterocycles. The molecule has 0 unspecified atom stereocenters. The van der Waals surface area contributed by atoms with Crippen LogP contribution < -0.4 is 10.6 Å². The standard InChI is InChI=1S/C10H13FN2OS/c11-9-7-8(12)1-2-10(9)13-3-5-15(14)6-4-13/h1-2,7H,3-6,12H2. The third-order valence-electron chi connectivity index (χ3n) is 2.49. The highest BCUT2D eigenvalue weighted by Crippen LogP contribution is 2.22. The van der Waals surface area contributed by atoms with Crippen LogP contribution in [0, 0.1) is 5.82 Å². The summed E-state index contributed by atoms with van der Waals surface area (Å²) >= 11 is 0. The Hall–Kier alpha value is -1.10. The summed E-state index contributed by atoms with van der Waals surface area (Å²) in [7, 11) is -0.734. The van der Waals surface area contributed by atoms with Crippen LogP contribution in [0.3, 0.4) is 0 Å². The highest BCUT2D eigenvalue weighted by Gasteiger charge is 2.17. The van der Waals surface area contributed by atoms with Gasteiger partial charge in [-0.3, -0.25) is 4.21 Å². The van der Waals surface area contributed by atoms with E-state index in [-0.39, 0.29) is 5.82 Å². The van der Waals surface area contributed by atoms with Crippen LogP contribution in [-0.2, 0) is 10.8 Å². The molecule has 0 saturated carbocycles. The van der Waals surface area contributed by atoms with Crippen LogP contribution in [0.25, 0.3) is 0 Å². The van der Waals surface area contributed by atoms with Crippen LogP contribution in [0.4, 0.5) is 15.8 Å². The number of hydrogen-bond donors (Lipinski definition) is 1. The molecule has 1 aliphatic rings.